The average molecular weight is 438 g/mol. The molecule has 140 valence electrons. The van der Waals surface area contributed by atoms with Gasteiger partial charge in [-0.25, -0.2) is 4.79 Å². The van der Waals surface area contributed by atoms with E-state index >= 15 is 0 Å². The van der Waals surface area contributed by atoms with E-state index < -0.39 is 23.8 Å². The van der Waals surface area contributed by atoms with Gasteiger partial charge in [0.25, 0.3) is 0 Å². The van der Waals surface area contributed by atoms with Crippen LogP contribution in [0, 0.1) is 5.92 Å². The summed E-state index contributed by atoms with van der Waals surface area (Å²) >= 11 is 3.34. The molecule has 1 heterocycles. The SMILES string of the molecule is O=C(O)c1cc(Br)cc2c1NC(c1ccccc1C(F)(F)F)C1CC=CC21. The van der Waals surface area contributed by atoms with Crippen LogP contribution in [-0.2, 0) is 6.18 Å². The molecule has 2 aliphatic rings. The van der Waals surface area contributed by atoms with Gasteiger partial charge in [0.2, 0.25) is 0 Å². The second kappa shape index (κ2) is 6.41. The van der Waals surface area contributed by atoms with E-state index in [0.29, 0.717) is 16.6 Å². The number of hydrogen-bond donors (Lipinski definition) is 2. The fourth-order valence-electron chi connectivity index (χ4n) is 4.17. The fourth-order valence-corrected chi connectivity index (χ4v) is 4.64. The highest BCUT2D eigenvalue weighted by molar-refractivity contribution is 9.10. The first-order valence-electron chi connectivity index (χ1n) is 8.43. The fraction of sp³-hybridized carbons (Fsp3) is 0.250. The van der Waals surface area contributed by atoms with Crippen LogP contribution in [0.15, 0.2) is 53.0 Å². The minimum absolute atomic E-state index is 0.0487. The smallest absolute Gasteiger partial charge is 0.416 e. The van der Waals surface area contributed by atoms with Gasteiger partial charge in [-0.2, -0.15) is 13.2 Å². The maximum absolute atomic E-state index is 13.6. The lowest BCUT2D eigenvalue weighted by molar-refractivity contribution is -0.138. The van der Waals surface area contributed by atoms with Gasteiger partial charge in [0.05, 0.1) is 22.9 Å². The van der Waals surface area contributed by atoms with Gasteiger partial charge < -0.3 is 10.4 Å². The average Bonchev–Trinajstić information content (AvgIpc) is 3.10. The molecule has 0 spiro atoms. The summed E-state index contributed by atoms with van der Waals surface area (Å²) in [6, 6.07) is 8.18. The highest BCUT2D eigenvalue weighted by Crippen LogP contribution is 2.52. The summed E-state index contributed by atoms with van der Waals surface area (Å²) in [6.45, 7) is 0. The van der Waals surface area contributed by atoms with Gasteiger partial charge in [0.15, 0.2) is 0 Å². The van der Waals surface area contributed by atoms with Crippen molar-refractivity contribution in [1.82, 2.24) is 0 Å². The van der Waals surface area contributed by atoms with E-state index in [-0.39, 0.29) is 23.0 Å². The highest BCUT2D eigenvalue weighted by atomic mass is 79.9. The van der Waals surface area contributed by atoms with Crippen LogP contribution in [-0.4, -0.2) is 11.1 Å². The van der Waals surface area contributed by atoms with Gasteiger partial charge >= 0.3 is 12.1 Å². The minimum atomic E-state index is -4.48. The number of rotatable bonds is 2. The Hall–Kier alpha value is -2.28. The number of carboxylic acid groups (broad SMARTS) is 1. The van der Waals surface area contributed by atoms with Crippen LogP contribution in [0.3, 0.4) is 0 Å². The predicted octanol–water partition coefficient (Wildman–Crippen LogP) is 5.99. The molecule has 0 fully saturated rings. The molecule has 0 aromatic heterocycles. The molecule has 2 aromatic carbocycles. The maximum Gasteiger partial charge on any atom is 0.416 e. The number of allylic oxidation sites excluding steroid dienone is 2. The van der Waals surface area contributed by atoms with Crippen LogP contribution >= 0.6 is 15.9 Å². The molecular weight excluding hydrogens is 423 g/mol. The van der Waals surface area contributed by atoms with Crippen molar-refractivity contribution in [3.8, 4) is 0 Å². The molecule has 7 heteroatoms. The lowest BCUT2D eigenvalue weighted by atomic mass is 9.75. The standard InChI is InChI=1S/C20H15BrF3NO2/c21-10-8-14-11-5-3-6-12(11)17(25-18(14)15(9-10)19(26)27)13-4-1-2-7-16(13)20(22,23)24/h1-5,7-9,11-12,17,25H,6H2,(H,26,27). The van der Waals surface area contributed by atoms with Crippen molar-refractivity contribution in [2.45, 2.75) is 24.6 Å². The number of alkyl halides is 3. The van der Waals surface area contributed by atoms with E-state index in [1.54, 1.807) is 6.07 Å². The van der Waals surface area contributed by atoms with Crippen LogP contribution in [0.4, 0.5) is 18.9 Å². The Balaban J connectivity index is 1.90. The first-order valence-corrected chi connectivity index (χ1v) is 9.22. The Kier molecular flexibility index (Phi) is 4.29. The van der Waals surface area contributed by atoms with Crippen LogP contribution in [0.5, 0.6) is 0 Å². The molecule has 27 heavy (non-hydrogen) atoms. The Morgan fingerprint density at radius 3 is 2.63 bits per heavy atom. The van der Waals surface area contributed by atoms with Gasteiger partial charge in [0, 0.05) is 10.4 Å². The van der Waals surface area contributed by atoms with Gasteiger partial charge in [-0.3, -0.25) is 0 Å². The highest BCUT2D eigenvalue weighted by Gasteiger charge is 2.43. The van der Waals surface area contributed by atoms with E-state index in [0.717, 1.165) is 11.6 Å². The van der Waals surface area contributed by atoms with Crippen molar-refractivity contribution < 1.29 is 23.1 Å². The van der Waals surface area contributed by atoms with Crippen molar-refractivity contribution in [3.05, 3.63) is 75.3 Å². The molecule has 1 aliphatic heterocycles. The van der Waals surface area contributed by atoms with Gasteiger partial charge in [0.1, 0.15) is 0 Å². The minimum Gasteiger partial charge on any atom is -0.478 e. The summed E-state index contributed by atoms with van der Waals surface area (Å²) < 4.78 is 41.3. The molecule has 0 saturated heterocycles. The van der Waals surface area contributed by atoms with E-state index in [4.69, 9.17) is 0 Å². The van der Waals surface area contributed by atoms with Gasteiger partial charge in [-0.05, 0) is 41.7 Å². The molecule has 3 nitrogen and oxygen atoms in total. The maximum atomic E-state index is 13.6. The summed E-state index contributed by atoms with van der Waals surface area (Å²) in [5.74, 6) is -1.37. The van der Waals surface area contributed by atoms with Crippen molar-refractivity contribution >= 4 is 27.6 Å². The zero-order valence-corrected chi connectivity index (χ0v) is 15.5. The zero-order valence-electron chi connectivity index (χ0n) is 13.9. The number of carboxylic acids is 1. The number of anilines is 1. The lowest BCUT2D eigenvalue weighted by Gasteiger charge is -2.39. The van der Waals surface area contributed by atoms with Crippen LogP contribution in [0.25, 0.3) is 0 Å². The van der Waals surface area contributed by atoms with E-state index in [2.05, 4.69) is 21.2 Å². The summed E-state index contributed by atoms with van der Waals surface area (Å²) in [6.07, 6.45) is 0.0700. The van der Waals surface area contributed by atoms with Crippen molar-refractivity contribution in [3.63, 3.8) is 0 Å². The molecular formula is C20H15BrF3NO2. The molecule has 3 unspecified atom stereocenters. The van der Waals surface area contributed by atoms with Gasteiger partial charge in [-0.1, -0.05) is 46.3 Å². The number of halogens is 4. The molecule has 0 bridgehead atoms. The summed E-state index contributed by atoms with van der Waals surface area (Å²) in [5.41, 5.74) is 0.688. The third-order valence-electron chi connectivity index (χ3n) is 5.27. The molecule has 0 amide bonds. The molecule has 1 aliphatic carbocycles. The Morgan fingerprint density at radius 1 is 1.19 bits per heavy atom. The molecule has 4 rings (SSSR count). The zero-order chi connectivity index (χ0) is 19.3. The Morgan fingerprint density at radius 2 is 1.93 bits per heavy atom. The summed E-state index contributed by atoms with van der Waals surface area (Å²) in [5, 5.41) is 12.7. The number of benzene rings is 2. The quantitative estimate of drug-likeness (QED) is 0.567. The second-order valence-corrected chi connectivity index (χ2v) is 7.70. The molecule has 0 saturated carbocycles. The third-order valence-corrected chi connectivity index (χ3v) is 5.72. The third kappa shape index (κ3) is 3.04. The Bertz CT molecular complexity index is 955. The first kappa shape index (κ1) is 18.1. The van der Waals surface area contributed by atoms with E-state index in [1.165, 1.54) is 18.2 Å². The summed E-state index contributed by atoms with van der Waals surface area (Å²) in [4.78, 5) is 11.7. The Labute approximate surface area is 162 Å². The number of hydrogen-bond acceptors (Lipinski definition) is 2. The lowest BCUT2D eigenvalue weighted by Crippen LogP contribution is -2.32. The molecule has 3 atom stereocenters. The first-order chi connectivity index (χ1) is 12.8. The number of nitrogens with one attached hydrogen (secondary N) is 1. The van der Waals surface area contributed by atoms with Crippen LogP contribution < -0.4 is 5.32 Å². The van der Waals surface area contributed by atoms with Crippen LogP contribution in [0.2, 0.25) is 0 Å². The number of carbonyl (C=O) groups is 1. The summed E-state index contributed by atoms with van der Waals surface area (Å²) in [7, 11) is 0. The number of aromatic carboxylic acids is 1. The van der Waals surface area contributed by atoms with E-state index in [1.807, 2.05) is 18.2 Å². The molecule has 2 aromatic rings. The molecule has 2 N–H and O–H groups in total. The van der Waals surface area contributed by atoms with Gasteiger partial charge in [-0.15, -0.1) is 0 Å². The monoisotopic (exact) mass is 437 g/mol. The van der Waals surface area contributed by atoms with Crippen molar-refractivity contribution in [1.29, 1.82) is 0 Å². The van der Waals surface area contributed by atoms with Crippen molar-refractivity contribution in [2.75, 3.05) is 5.32 Å². The number of fused-ring (bicyclic) bond motifs is 3. The topological polar surface area (TPSA) is 49.3 Å². The van der Waals surface area contributed by atoms with Crippen LogP contribution in [0.1, 0.15) is 45.4 Å². The predicted molar refractivity (Wildman–Crippen MR) is 98.9 cm³/mol. The largest absolute Gasteiger partial charge is 0.478 e. The normalized spacial score (nSPS) is 23.5. The second-order valence-electron chi connectivity index (χ2n) is 6.78. The molecule has 0 radical (unpaired) electrons. The van der Waals surface area contributed by atoms with E-state index in [9.17, 15) is 23.1 Å². The van der Waals surface area contributed by atoms with Crippen molar-refractivity contribution in [2.24, 2.45) is 5.92 Å².